The highest BCUT2D eigenvalue weighted by Crippen LogP contribution is 2.23. The first-order valence-electron chi connectivity index (χ1n) is 4.53. The minimum atomic E-state index is 0.619. The summed E-state index contributed by atoms with van der Waals surface area (Å²) in [7, 11) is 4.12. The third-order valence-corrected chi connectivity index (χ3v) is 2.33. The fraction of sp³-hybridized carbons (Fsp3) is 0.455. The van der Waals surface area contributed by atoms with E-state index in [1.807, 2.05) is 0 Å². The smallest absolute Gasteiger partial charge is 0.0396 e. The lowest BCUT2D eigenvalue weighted by Crippen LogP contribution is -2.12. The fourth-order valence-electron chi connectivity index (χ4n) is 1.59. The molecule has 0 aliphatic carbocycles. The number of aryl methyl sites for hydroxylation is 1. The van der Waals surface area contributed by atoms with Gasteiger partial charge in [-0.3, -0.25) is 0 Å². The normalized spacial score (nSPS) is 10.2. The molecular weight excluding hydrogens is 160 g/mol. The maximum absolute atomic E-state index is 5.67. The number of nitrogens with zero attached hydrogens (tertiary/aromatic N) is 1. The Kier molecular flexibility index (Phi) is 2.94. The Balaban J connectivity index is 3.27. The molecule has 0 aliphatic rings. The molecule has 72 valence electrons. The molecule has 0 atom stereocenters. The SMILES string of the molecule is Cc1cc(CN)c(C)c(N(C)C)c1. The largest absolute Gasteiger partial charge is 0.377 e. The molecule has 0 saturated heterocycles. The van der Waals surface area contributed by atoms with Gasteiger partial charge in [-0.15, -0.1) is 0 Å². The molecule has 1 aromatic carbocycles. The van der Waals surface area contributed by atoms with Gasteiger partial charge in [-0.1, -0.05) is 6.07 Å². The van der Waals surface area contributed by atoms with Crippen molar-refractivity contribution >= 4 is 5.69 Å². The second-order valence-corrected chi connectivity index (χ2v) is 3.67. The molecule has 2 heteroatoms. The van der Waals surface area contributed by atoms with Crippen LogP contribution in [0, 0.1) is 13.8 Å². The Morgan fingerprint density at radius 1 is 1.23 bits per heavy atom. The average molecular weight is 178 g/mol. The summed E-state index contributed by atoms with van der Waals surface area (Å²) in [4.78, 5) is 2.13. The van der Waals surface area contributed by atoms with Crippen LogP contribution in [0.1, 0.15) is 16.7 Å². The third kappa shape index (κ3) is 2.01. The Labute approximate surface area is 80.4 Å². The molecule has 0 radical (unpaired) electrons. The molecule has 0 amide bonds. The van der Waals surface area contributed by atoms with Gasteiger partial charge in [0.2, 0.25) is 0 Å². The predicted molar refractivity (Wildman–Crippen MR) is 58.1 cm³/mol. The molecule has 0 aromatic heterocycles. The summed E-state index contributed by atoms with van der Waals surface area (Å²) in [6, 6.07) is 4.34. The minimum Gasteiger partial charge on any atom is -0.377 e. The first kappa shape index (κ1) is 10.1. The molecule has 0 unspecified atom stereocenters. The molecule has 0 heterocycles. The van der Waals surface area contributed by atoms with Crippen LogP contribution in [0.3, 0.4) is 0 Å². The van der Waals surface area contributed by atoms with E-state index in [4.69, 9.17) is 5.73 Å². The molecular formula is C11H18N2. The van der Waals surface area contributed by atoms with Crippen LogP contribution in [0.15, 0.2) is 12.1 Å². The van der Waals surface area contributed by atoms with Crippen molar-refractivity contribution in [3.63, 3.8) is 0 Å². The number of hydrogen-bond donors (Lipinski definition) is 1. The molecule has 2 nitrogen and oxygen atoms in total. The second kappa shape index (κ2) is 3.79. The second-order valence-electron chi connectivity index (χ2n) is 3.67. The van der Waals surface area contributed by atoms with Crippen molar-refractivity contribution in [1.82, 2.24) is 0 Å². The van der Waals surface area contributed by atoms with E-state index in [1.54, 1.807) is 0 Å². The van der Waals surface area contributed by atoms with E-state index >= 15 is 0 Å². The standard InChI is InChI=1S/C11H18N2/c1-8-5-10(7-12)9(2)11(6-8)13(3)4/h5-6H,7,12H2,1-4H3. The molecule has 1 rings (SSSR count). The quantitative estimate of drug-likeness (QED) is 0.748. The molecule has 0 aliphatic heterocycles. The zero-order chi connectivity index (χ0) is 10.0. The first-order valence-corrected chi connectivity index (χ1v) is 4.53. The van der Waals surface area contributed by atoms with E-state index in [0.717, 1.165) is 0 Å². The van der Waals surface area contributed by atoms with Crippen LogP contribution < -0.4 is 10.6 Å². The zero-order valence-electron chi connectivity index (χ0n) is 8.89. The van der Waals surface area contributed by atoms with Crippen molar-refractivity contribution in [1.29, 1.82) is 0 Å². The predicted octanol–water partition coefficient (Wildman–Crippen LogP) is 1.83. The first-order chi connectivity index (χ1) is 6.06. The summed E-state index contributed by atoms with van der Waals surface area (Å²) in [5, 5.41) is 0. The van der Waals surface area contributed by atoms with Crippen LogP contribution in [0.4, 0.5) is 5.69 Å². The van der Waals surface area contributed by atoms with Crippen molar-refractivity contribution in [2.45, 2.75) is 20.4 Å². The number of rotatable bonds is 2. The summed E-state index contributed by atoms with van der Waals surface area (Å²) in [5.41, 5.74) is 10.7. The van der Waals surface area contributed by atoms with Crippen molar-refractivity contribution in [3.8, 4) is 0 Å². The average Bonchev–Trinajstić information content (AvgIpc) is 2.08. The molecule has 0 saturated carbocycles. The third-order valence-electron chi connectivity index (χ3n) is 2.33. The van der Waals surface area contributed by atoms with Crippen molar-refractivity contribution in [2.24, 2.45) is 5.73 Å². The molecule has 1 aromatic rings. The van der Waals surface area contributed by atoms with Crippen molar-refractivity contribution < 1.29 is 0 Å². The van der Waals surface area contributed by atoms with E-state index in [2.05, 4.69) is 45.0 Å². The molecule has 13 heavy (non-hydrogen) atoms. The monoisotopic (exact) mass is 178 g/mol. The van der Waals surface area contributed by atoms with Crippen LogP contribution in [0.5, 0.6) is 0 Å². The van der Waals surface area contributed by atoms with Crippen LogP contribution in [0.2, 0.25) is 0 Å². The minimum absolute atomic E-state index is 0.619. The highest BCUT2D eigenvalue weighted by Gasteiger charge is 2.05. The number of hydrogen-bond acceptors (Lipinski definition) is 2. The maximum Gasteiger partial charge on any atom is 0.0396 e. The summed E-state index contributed by atoms with van der Waals surface area (Å²) in [6.07, 6.45) is 0. The molecule has 2 N–H and O–H groups in total. The summed E-state index contributed by atoms with van der Waals surface area (Å²) >= 11 is 0. The van der Waals surface area contributed by atoms with E-state index in [-0.39, 0.29) is 0 Å². The van der Waals surface area contributed by atoms with Crippen molar-refractivity contribution in [2.75, 3.05) is 19.0 Å². The summed E-state index contributed by atoms with van der Waals surface area (Å²) < 4.78 is 0. The Morgan fingerprint density at radius 2 is 1.85 bits per heavy atom. The molecule has 0 bridgehead atoms. The van der Waals surface area contributed by atoms with Gasteiger partial charge in [-0.25, -0.2) is 0 Å². The lowest BCUT2D eigenvalue weighted by molar-refractivity contribution is 1.02. The fourth-order valence-corrected chi connectivity index (χ4v) is 1.59. The topological polar surface area (TPSA) is 29.3 Å². The van der Waals surface area contributed by atoms with E-state index in [0.29, 0.717) is 6.54 Å². The lowest BCUT2D eigenvalue weighted by atomic mass is 10.0. The lowest BCUT2D eigenvalue weighted by Gasteiger charge is -2.18. The number of nitrogens with two attached hydrogens (primary N) is 1. The van der Waals surface area contributed by atoms with Gasteiger partial charge in [0.05, 0.1) is 0 Å². The van der Waals surface area contributed by atoms with Gasteiger partial charge in [0, 0.05) is 26.3 Å². The van der Waals surface area contributed by atoms with Crippen LogP contribution in [-0.4, -0.2) is 14.1 Å². The van der Waals surface area contributed by atoms with Gasteiger partial charge < -0.3 is 10.6 Å². The number of benzene rings is 1. The van der Waals surface area contributed by atoms with Gasteiger partial charge >= 0.3 is 0 Å². The van der Waals surface area contributed by atoms with Crippen molar-refractivity contribution in [3.05, 3.63) is 28.8 Å². The number of anilines is 1. The maximum atomic E-state index is 5.67. The van der Waals surface area contributed by atoms with Gasteiger partial charge in [0.1, 0.15) is 0 Å². The van der Waals surface area contributed by atoms with Gasteiger partial charge in [0.25, 0.3) is 0 Å². The Hall–Kier alpha value is -1.02. The molecule has 0 spiro atoms. The summed E-state index contributed by atoms with van der Waals surface area (Å²) in [6.45, 7) is 4.84. The van der Waals surface area contributed by atoms with Gasteiger partial charge in [-0.05, 0) is 36.6 Å². The van der Waals surface area contributed by atoms with Crippen LogP contribution in [-0.2, 0) is 6.54 Å². The van der Waals surface area contributed by atoms with E-state index in [9.17, 15) is 0 Å². The highest BCUT2D eigenvalue weighted by molar-refractivity contribution is 5.57. The Bertz CT molecular complexity index is 303. The molecule has 0 fully saturated rings. The van der Waals surface area contributed by atoms with E-state index < -0.39 is 0 Å². The van der Waals surface area contributed by atoms with Gasteiger partial charge in [0.15, 0.2) is 0 Å². The zero-order valence-corrected chi connectivity index (χ0v) is 8.89. The van der Waals surface area contributed by atoms with Crippen LogP contribution in [0.25, 0.3) is 0 Å². The van der Waals surface area contributed by atoms with Crippen LogP contribution >= 0.6 is 0 Å². The Morgan fingerprint density at radius 3 is 2.31 bits per heavy atom. The highest BCUT2D eigenvalue weighted by atomic mass is 15.1. The van der Waals surface area contributed by atoms with E-state index in [1.165, 1.54) is 22.4 Å². The van der Waals surface area contributed by atoms with Gasteiger partial charge in [-0.2, -0.15) is 0 Å². The summed E-state index contributed by atoms with van der Waals surface area (Å²) in [5.74, 6) is 0.